The zero-order chi connectivity index (χ0) is 24.3. The maximum absolute atomic E-state index is 14.8. The highest BCUT2D eigenvalue weighted by atomic mass is 19.4. The topological polar surface area (TPSA) is 75.8 Å². The number of fused-ring (bicyclic) bond motifs is 1. The van der Waals surface area contributed by atoms with Crippen LogP contribution >= 0.6 is 0 Å². The van der Waals surface area contributed by atoms with Crippen LogP contribution < -0.4 is 4.74 Å². The molecule has 2 heterocycles. The van der Waals surface area contributed by atoms with Crippen LogP contribution in [0.25, 0.3) is 11.5 Å². The predicted octanol–water partition coefficient (Wildman–Crippen LogP) is 5.30. The zero-order valence-electron chi connectivity index (χ0n) is 18.1. The first-order chi connectivity index (χ1) is 16.2. The van der Waals surface area contributed by atoms with Crippen molar-refractivity contribution in [1.29, 1.82) is 0 Å². The molecule has 34 heavy (non-hydrogen) atoms. The molecular weight excluding hydrogens is 456 g/mol. The summed E-state index contributed by atoms with van der Waals surface area (Å²) in [6.07, 6.45) is -3.16. The molecule has 0 unspecified atom stereocenters. The number of ether oxygens (including phenoxy) is 1. The molecule has 4 rings (SSSR count). The van der Waals surface area contributed by atoms with Gasteiger partial charge in [0.2, 0.25) is 5.89 Å². The van der Waals surface area contributed by atoms with Gasteiger partial charge in [-0.05, 0) is 42.8 Å². The van der Waals surface area contributed by atoms with E-state index in [9.17, 15) is 22.4 Å². The first-order valence-electron chi connectivity index (χ1n) is 10.7. The van der Waals surface area contributed by atoms with Gasteiger partial charge in [0.1, 0.15) is 23.9 Å². The Hall–Kier alpha value is -3.40. The minimum atomic E-state index is -4.41. The Labute approximate surface area is 192 Å². The molecule has 0 aliphatic carbocycles. The van der Waals surface area contributed by atoms with Crippen molar-refractivity contribution < 1.29 is 36.6 Å². The Bertz CT molecular complexity index is 1160. The monoisotopic (exact) mass is 478 g/mol. The number of hydrogen-bond acceptors (Lipinski definition) is 5. The molecule has 0 radical (unpaired) electrons. The number of aromatic nitrogens is 1. The van der Waals surface area contributed by atoms with E-state index in [0.29, 0.717) is 49.5 Å². The lowest BCUT2D eigenvalue weighted by molar-refractivity contribution is -0.138. The fraction of sp³-hybridized carbons (Fsp3) is 0.333. The van der Waals surface area contributed by atoms with E-state index >= 15 is 0 Å². The summed E-state index contributed by atoms with van der Waals surface area (Å²) in [5.41, 5.74) is 0.654. The molecule has 180 valence electrons. The van der Waals surface area contributed by atoms with Crippen LogP contribution in [0, 0.1) is 5.82 Å². The van der Waals surface area contributed by atoms with Gasteiger partial charge in [-0.25, -0.2) is 9.37 Å². The first-order valence-corrected chi connectivity index (χ1v) is 10.7. The third kappa shape index (κ3) is 5.74. The van der Waals surface area contributed by atoms with Crippen LogP contribution in [0.4, 0.5) is 17.6 Å². The number of benzene rings is 2. The minimum absolute atomic E-state index is 0.0120. The van der Waals surface area contributed by atoms with Gasteiger partial charge in [0.25, 0.3) is 0 Å². The molecule has 0 bridgehead atoms. The average Bonchev–Trinajstić information content (AvgIpc) is 3.20. The Morgan fingerprint density at radius 2 is 1.94 bits per heavy atom. The van der Waals surface area contributed by atoms with Crippen LogP contribution in [0.15, 0.2) is 46.9 Å². The number of carboxylic acids is 1. The summed E-state index contributed by atoms with van der Waals surface area (Å²) in [6, 6.07) is 8.79. The lowest BCUT2D eigenvalue weighted by atomic mass is 10.1. The molecule has 2 aromatic carbocycles. The molecule has 3 aromatic rings. The van der Waals surface area contributed by atoms with Crippen LogP contribution in [-0.2, 0) is 30.5 Å². The average molecular weight is 478 g/mol. The summed E-state index contributed by atoms with van der Waals surface area (Å²) in [5, 5.41) is 8.78. The highest BCUT2D eigenvalue weighted by Crippen LogP contribution is 2.31. The van der Waals surface area contributed by atoms with Gasteiger partial charge in [-0.15, -0.1) is 0 Å². The number of rotatable bonds is 8. The van der Waals surface area contributed by atoms with Crippen molar-refractivity contribution in [2.75, 3.05) is 13.1 Å². The Kier molecular flexibility index (Phi) is 6.87. The predicted molar refractivity (Wildman–Crippen MR) is 114 cm³/mol. The van der Waals surface area contributed by atoms with Crippen molar-refractivity contribution in [3.05, 3.63) is 70.9 Å². The van der Waals surface area contributed by atoms with E-state index < -0.39 is 23.5 Å². The van der Waals surface area contributed by atoms with Crippen molar-refractivity contribution in [1.82, 2.24) is 9.88 Å². The molecule has 0 amide bonds. The summed E-state index contributed by atoms with van der Waals surface area (Å²) in [4.78, 5) is 17.2. The molecule has 0 fully saturated rings. The van der Waals surface area contributed by atoms with Gasteiger partial charge in [-0.1, -0.05) is 12.1 Å². The van der Waals surface area contributed by atoms with Crippen LogP contribution in [0.1, 0.15) is 35.4 Å². The molecule has 1 N–H and O–H groups in total. The lowest BCUT2D eigenvalue weighted by Crippen LogP contribution is -2.31. The van der Waals surface area contributed by atoms with E-state index in [0.717, 1.165) is 12.1 Å². The number of carbonyl (C=O) groups is 1. The lowest BCUT2D eigenvalue weighted by Gasteiger charge is -2.24. The molecule has 1 aliphatic heterocycles. The van der Waals surface area contributed by atoms with Crippen molar-refractivity contribution in [2.24, 2.45) is 0 Å². The SMILES string of the molecule is O=C(O)CCCN1CCc2oc(-c3ccc(OCc4ccc(C(F)(F)F)cc4)cc3F)nc2C1. The van der Waals surface area contributed by atoms with Gasteiger partial charge in [0, 0.05) is 32.0 Å². The van der Waals surface area contributed by atoms with Crippen LogP contribution in [0.5, 0.6) is 5.75 Å². The molecule has 0 saturated heterocycles. The van der Waals surface area contributed by atoms with E-state index in [1.54, 1.807) is 6.07 Å². The van der Waals surface area contributed by atoms with Crippen LogP contribution in [0.2, 0.25) is 0 Å². The molecule has 6 nitrogen and oxygen atoms in total. The maximum atomic E-state index is 14.8. The van der Waals surface area contributed by atoms with Gasteiger partial charge in [0.15, 0.2) is 0 Å². The second-order valence-electron chi connectivity index (χ2n) is 8.04. The van der Waals surface area contributed by atoms with Crippen LogP contribution in [-0.4, -0.2) is 34.0 Å². The molecule has 0 saturated carbocycles. The Balaban J connectivity index is 1.38. The van der Waals surface area contributed by atoms with E-state index in [-0.39, 0.29) is 30.2 Å². The molecule has 10 heteroatoms. The van der Waals surface area contributed by atoms with Crippen molar-refractivity contribution in [3.63, 3.8) is 0 Å². The van der Waals surface area contributed by atoms with Gasteiger partial charge in [-0.3, -0.25) is 9.69 Å². The number of carboxylic acid groups (broad SMARTS) is 1. The maximum Gasteiger partial charge on any atom is 0.416 e. The van der Waals surface area contributed by atoms with E-state index in [1.165, 1.54) is 24.3 Å². The van der Waals surface area contributed by atoms with Crippen molar-refractivity contribution in [3.8, 4) is 17.2 Å². The zero-order valence-corrected chi connectivity index (χ0v) is 18.1. The third-order valence-corrected chi connectivity index (χ3v) is 5.53. The van der Waals surface area contributed by atoms with E-state index in [4.69, 9.17) is 14.3 Å². The van der Waals surface area contributed by atoms with Gasteiger partial charge in [0.05, 0.1) is 16.8 Å². The molecular formula is C24H22F4N2O4. The second-order valence-corrected chi connectivity index (χ2v) is 8.04. The Morgan fingerprint density at radius 3 is 2.62 bits per heavy atom. The number of aliphatic carboxylic acids is 1. The fourth-order valence-electron chi connectivity index (χ4n) is 3.73. The normalized spacial score (nSPS) is 14.1. The standard InChI is InChI=1S/C24H22F4N2O4/c25-19-12-17(33-14-15-3-5-16(6-4-15)24(26,27)28)7-8-18(19)23-29-20-13-30(10-1-2-22(31)32)11-9-21(20)34-23/h3-8,12H,1-2,9-11,13-14H2,(H,31,32). The van der Waals surface area contributed by atoms with Crippen LogP contribution in [0.3, 0.4) is 0 Å². The number of oxazole rings is 1. The number of hydrogen-bond donors (Lipinski definition) is 1. The summed E-state index contributed by atoms with van der Waals surface area (Å²) >= 11 is 0. The number of nitrogens with zero attached hydrogens (tertiary/aromatic N) is 2. The molecule has 1 aliphatic rings. The summed E-state index contributed by atoms with van der Waals surface area (Å²) in [6.45, 7) is 1.84. The Morgan fingerprint density at radius 1 is 1.18 bits per heavy atom. The highest BCUT2D eigenvalue weighted by molar-refractivity contribution is 5.66. The largest absolute Gasteiger partial charge is 0.489 e. The first kappa shape index (κ1) is 23.7. The summed E-state index contributed by atoms with van der Waals surface area (Å²) in [7, 11) is 0. The molecule has 1 aromatic heterocycles. The second kappa shape index (κ2) is 9.84. The molecule has 0 spiro atoms. The van der Waals surface area contributed by atoms with Crippen molar-refractivity contribution in [2.45, 2.75) is 38.6 Å². The quantitative estimate of drug-likeness (QED) is 0.443. The summed E-state index contributed by atoms with van der Waals surface area (Å²) in [5.74, 6) is -0.358. The smallest absolute Gasteiger partial charge is 0.416 e. The highest BCUT2D eigenvalue weighted by Gasteiger charge is 2.30. The van der Waals surface area contributed by atoms with Gasteiger partial charge in [-0.2, -0.15) is 13.2 Å². The summed E-state index contributed by atoms with van der Waals surface area (Å²) < 4.78 is 64.0. The third-order valence-electron chi connectivity index (χ3n) is 5.53. The minimum Gasteiger partial charge on any atom is -0.489 e. The fourth-order valence-corrected chi connectivity index (χ4v) is 3.73. The molecule has 0 atom stereocenters. The van der Waals surface area contributed by atoms with Crippen molar-refractivity contribution >= 4 is 5.97 Å². The van der Waals surface area contributed by atoms with Gasteiger partial charge < -0.3 is 14.3 Å². The van der Waals surface area contributed by atoms with E-state index in [1.807, 2.05) is 0 Å². The number of alkyl halides is 3. The van der Waals surface area contributed by atoms with E-state index in [2.05, 4.69) is 9.88 Å². The van der Waals surface area contributed by atoms with Gasteiger partial charge >= 0.3 is 12.1 Å². The number of halogens is 4.